The number of imidazole rings is 1. The van der Waals surface area contributed by atoms with Crippen molar-refractivity contribution >= 4 is 45.2 Å². The first-order chi connectivity index (χ1) is 12.7. The molecule has 0 saturated heterocycles. The van der Waals surface area contributed by atoms with Crippen molar-refractivity contribution in [2.45, 2.75) is 42.9 Å². The van der Waals surface area contributed by atoms with Crippen molar-refractivity contribution in [2.75, 3.05) is 5.32 Å². The lowest BCUT2D eigenvalue weighted by molar-refractivity contribution is -0.115. The fraction of sp³-hybridized carbons (Fsp3) is 0.353. The number of H-pyrrole nitrogens is 1. The second-order valence-electron chi connectivity index (χ2n) is 6.06. The van der Waals surface area contributed by atoms with Crippen molar-refractivity contribution < 1.29 is 4.79 Å². The van der Waals surface area contributed by atoms with E-state index >= 15 is 0 Å². The Bertz CT molecular complexity index is 1020. The van der Waals surface area contributed by atoms with Crippen LogP contribution in [0, 0.1) is 11.3 Å². The fourth-order valence-electron chi connectivity index (χ4n) is 3.04. The lowest BCUT2D eigenvalue weighted by Crippen LogP contribution is -2.22. The molecule has 1 amide bonds. The molecule has 3 aromatic rings. The van der Waals surface area contributed by atoms with E-state index in [0.29, 0.717) is 21.2 Å². The van der Waals surface area contributed by atoms with E-state index in [1.165, 1.54) is 34.3 Å². The maximum absolute atomic E-state index is 12.7. The normalized spacial score (nSPS) is 14.6. The van der Waals surface area contributed by atoms with E-state index in [-0.39, 0.29) is 11.2 Å². The van der Waals surface area contributed by atoms with Gasteiger partial charge in [0.25, 0.3) is 0 Å². The van der Waals surface area contributed by atoms with Gasteiger partial charge in [-0.15, -0.1) is 11.3 Å². The zero-order chi connectivity index (χ0) is 18.1. The van der Waals surface area contributed by atoms with E-state index in [1.54, 1.807) is 6.33 Å². The number of thioether (sulfide) groups is 1. The molecule has 26 heavy (non-hydrogen) atoms. The third-order valence-corrected chi connectivity index (χ3v) is 6.67. The van der Waals surface area contributed by atoms with Crippen LogP contribution in [0.2, 0.25) is 0 Å². The quantitative estimate of drug-likeness (QED) is 0.528. The first-order valence-electron chi connectivity index (χ1n) is 8.33. The Morgan fingerprint density at radius 3 is 3.08 bits per heavy atom. The number of nitrogens with one attached hydrogen (secondary N) is 2. The predicted octanol–water partition coefficient (Wildman–Crippen LogP) is 3.28. The number of hydrogen-bond donors (Lipinski definition) is 2. The Hall–Kier alpha value is -2.44. The standard InChI is InChI=1S/C17H16N6OS2/c1-9(25-17-13-14(20-7-19-13)21-8-22-17)15(24)23-16-11(6-18)10-4-2-3-5-12(10)26-16/h7-9H,2-5H2,1H3,(H,23,24)(H,19,20,21,22)/t9-/m0/s1. The zero-order valence-corrected chi connectivity index (χ0v) is 15.7. The summed E-state index contributed by atoms with van der Waals surface area (Å²) in [6.45, 7) is 1.82. The Morgan fingerprint density at radius 1 is 1.38 bits per heavy atom. The number of thiophene rings is 1. The molecule has 0 fully saturated rings. The van der Waals surface area contributed by atoms with Crippen LogP contribution in [0.1, 0.15) is 35.8 Å². The average Bonchev–Trinajstić information content (AvgIpc) is 3.25. The minimum absolute atomic E-state index is 0.142. The number of aromatic nitrogens is 4. The number of nitriles is 1. The lowest BCUT2D eigenvalue weighted by Gasteiger charge is -2.11. The zero-order valence-electron chi connectivity index (χ0n) is 14.1. The molecule has 7 nitrogen and oxygen atoms in total. The van der Waals surface area contributed by atoms with Crippen LogP contribution < -0.4 is 5.32 Å². The Balaban J connectivity index is 1.52. The molecule has 3 aromatic heterocycles. The number of aryl methyl sites for hydroxylation is 1. The van der Waals surface area contributed by atoms with Gasteiger partial charge in [0.15, 0.2) is 5.65 Å². The lowest BCUT2D eigenvalue weighted by atomic mass is 9.96. The molecule has 0 aliphatic heterocycles. The van der Waals surface area contributed by atoms with Gasteiger partial charge >= 0.3 is 0 Å². The summed E-state index contributed by atoms with van der Waals surface area (Å²) in [5.41, 5.74) is 3.05. The minimum atomic E-state index is -0.373. The Morgan fingerprint density at radius 2 is 2.23 bits per heavy atom. The van der Waals surface area contributed by atoms with Crippen LogP contribution in [0.3, 0.4) is 0 Å². The molecule has 0 radical (unpaired) electrons. The van der Waals surface area contributed by atoms with Crippen LogP contribution >= 0.6 is 23.1 Å². The first kappa shape index (κ1) is 17.0. The molecule has 1 aliphatic carbocycles. The van der Waals surface area contributed by atoms with Gasteiger partial charge < -0.3 is 10.3 Å². The highest BCUT2D eigenvalue weighted by atomic mass is 32.2. The van der Waals surface area contributed by atoms with Crippen LogP contribution in [-0.4, -0.2) is 31.1 Å². The van der Waals surface area contributed by atoms with E-state index in [2.05, 4.69) is 31.3 Å². The van der Waals surface area contributed by atoms with E-state index in [1.807, 2.05) is 6.92 Å². The van der Waals surface area contributed by atoms with Gasteiger partial charge in [-0.25, -0.2) is 15.0 Å². The van der Waals surface area contributed by atoms with Gasteiger partial charge in [-0.05, 0) is 38.2 Å². The molecule has 0 saturated carbocycles. The van der Waals surface area contributed by atoms with Crippen molar-refractivity contribution in [3.63, 3.8) is 0 Å². The van der Waals surface area contributed by atoms with Gasteiger partial charge in [0.1, 0.15) is 27.9 Å². The van der Waals surface area contributed by atoms with Crippen molar-refractivity contribution in [3.05, 3.63) is 28.7 Å². The van der Waals surface area contributed by atoms with Gasteiger partial charge in [-0.2, -0.15) is 5.26 Å². The Labute approximate surface area is 158 Å². The van der Waals surface area contributed by atoms with Gasteiger partial charge in [-0.1, -0.05) is 11.8 Å². The molecule has 0 spiro atoms. The summed E-state index contributed by atoms with van der Waals surface area (Å²) in [5.74, 6) is -0.142. The number of amides is 1. The highest BCUT2D eigenvalue weighted by Crippen LogP contribution is 2.38. The summed E-state index contributed by atoms with van der Waals surface area (Å²) in [4.78, 5) is 29.3. The molecule has 132 valence electrons. The number of nitrogens with zero attached hydrogens (tertiary/aromatic N) is 4. The molecule has 1 atom stereocenters. The van der Waals surface area contributed by atoms with Crippen molar-refractivity contribution in [2.24, 2.45) is 0 Å². The summed E-state index contributed by atoms with van der Waals surface area (Å²) in [5, 5.41) is 13.4. The third kappa shape index (κ3) is 3.06. The summed E-state index contributed by atoms with van der Waals surface area (Å²) >= 11 is 2.88. The summed E-state index contributed by atoms with van der Waals surface area (Å²) in [7, 11) is 0. The number of aromatic amines is 1. The molecule has 1 aliphatic rings. The highest BCUT2D eigenvalue weighted by Gasteiger charge is 2.24. The minimum Gasteiger partial charge on any atom is -0.341 e. The highest BCUT2D eigenvalue weighted by molar-refractivity contribution is 8.00. The fourth-order valence-corrected chi connectivity index (χ4v) is 5.16. The molecule has 3 heterocycles. The number of rotatable bonds is 4. The molecule has 9 heteroatoms. The van der Waals surface area contributed by atoms with E-state index in [4.69, 9.17) is 0 Å². The number of carbonyl (C=O) groups is 1. The van der Waals surface area contributed by atoms with Crippen LogP contribution in [0.25, 0.3) is 11.2 Å². The topological polar surface area (TPSA) is 107 Å². The van der Waals surface area contributed by atoms with E-state index in [0.717, 1.165) is 36.8 Å². The van der Waals surface area contributed by atoms with Crippen molar-refractivity contribution in [1.29, 1.82) is 5.26 Å². The van der Waals surface area contributed by atoms with Gasteiger partial charge in [-0.3, -0.25) is 4.79 Å². The van der Waals surface area contributed by atoms with E-state index < -0.39 is 0 Å². The van der Waals surface area contributed by atoms with Gasteiger partial charge in [0.05, 0.1) is 17.1 Å². The molecular formula is C17H16N6OS2. The SMILES string of the molecule is C[C@H](Sc1ncnc2nc[nH]c12)C(=O)Nc1sc2c(c1C#N)CCCC2. The maximum Gasteiger partial charge on any atom is 0.238 e. The molecule has 0 aromatic carbocycles. The van der Waals surface area contributed by atoms with Crippen LogP contribution in [-0.2, 0) is 17.6 Å². The first-order valence-corrected chi connectivity index (χ1v) is 10.0. The summed E-state index contributed by atoms with van der Waals surface area (Å²) in [6, 6.07) is 2.27. The smallest absolute Gasteiger partial charge is 0.238 e. The van der Waals surface area contributed by atoms with Crippen LogP contribution in [0.15, 0.2) is 17.7 Å². The van der Waals surface area contributed by atoms with E-state index in [9.17, 15) is 10.1 Å². The summed E-state index contributed by atoms with van der Waals surface area (Å²) < 4.78 is 0. The molecule has 0 unspecified atom stereocenters. The average molecular weight is 384 g/mol. The second-order valence-corrected chi connectivity index (χ2v) is 8.49. The molecular weight excluding hydrogens is 368 g/mol. The van der Waals surface area contributed by atoms with Crippen LogP contribution in [0.5, 0.6) is 0 Å². The predicted molar refractivity (Wildman–Crippen MR) is 101 cm³/mol. The van der Waals surface area contributed by atoms with Crippen LogP contribution in [0.4, 0.5) is 5.00 Å². The van der Waals surface area contributed by atoms with Gasteiger partial charge in [0.2, 0.25) is 5.91 Å². The number of fused-ring (bicyclic) bond motifs is 2. The molecule has 0 bridgehead atoms. The largest absolute Gasteiger partial charge is 0.341 e. The Kier molecular flexibility index (Phi) is 4.61. The van der Waals surface area contributed by atoms with Crippen molar-refractivity contribution in [3.8, 4) is 6.07 Å². The van der Waals surface area contributed by atoms with Gasteiger partial charge in [0, 0.05) is 4.88 Å². The molecule has 4 rings (SSSR count). The number of anilines is 1. The number of hydrogen-bond acceptors (Lipinski definition) is 7. The summed E-state index contributed by atoms with van der Waals surface area (Å²) in [6.07, 6.45) is 7.17. The molecule has 2 N–H and O–H groups in total. The second kappa shape index (κ2) is 7.05. The third-order valence-electron chi connectivity index (χ3n) is 4.37. The number of carbonyl (C=O) groups excluding carboxylic acids is 1. The maximum atomic E-state index is 12.7. The monoisotopic (exact) mass is 384 g/mol. The van der Waals surface area contributed by atoms with Crippen molar-refractivity contribution in [1.82, 2.24) is 19.9 Å².